The topological polar surface area (TPSA) is 9.23 Å². The molecule has 2 heteroatoms. The van der Waals surface area contributed by atoms with Crippen LogP contribution in [0.4, 0.5) is 0 Å². The summed E-state index contributed by atoms with van der Waals surface area (Å²) in [4.78, 5) is 0. The normalized spacial score (nSPS) is 52.7. The molecule has 2 rings (SSSR count). The summed E-state index contributed by atoms with van der Waals surface area (Å²) in [7, 11) is 4.32. The zero-order valence-corrected chi connectivity index (χ0v) is 8.47. The molecule has 12 heavy (non-hydrogen) atoms. The maximum absolute atomic E-state index is 5.45. The van der Waals surface area contributed by atoms with E-state index in [0.29, 0.717) is 11.4 Å². The molecule has 0 aliphatic heterocycles. The van der Waals surface area contributed by atoms with Crippen LogP contribution in [0, 0.1) is 11.8 Å². The minimum atomic E-state index is 0.562. The Balaban J connectivity index is 2.07. The standard InChI is InChI=1S/C10H19BO/c1-7-3-8-4-9(12-2)6-10(8,11)5-7/h7-9H,3-6,11H2,1-2H3/t7?,8?,9?,10-/m0/s1. The van der Waals surface area contributed by atoms with Gasteiger partial charge in [0.2, 0.25) is 0 Å². The second kappa shape index (κ2) is 2.76. The monoisotopic (exact) mass is 166 g/mol. The third kappa shape index (κ3) is 1.21. The van der Waals surface area contributed by atoms with Gasteiger partial charge in [-0.15, -0.1) is 0 Å². The van der Waals surface area contributed by atoms with E-state index in [4.69, 9.17) is 4.74 Å². The van der Waals surface area contributed by atoms with E-state index < -0.39 is 0 Å². The molecule has 2 saturated carbocycles. The molecule has 3 unspecified atom stereocenters. The molecule has 0 spiro atoms. The van der Waals surface area contributed by atoms with Gasteiger partial charge in [0.25, 0.3) is 0 Å². The van der Waals surface area contributed by atoms with Crippen LogP contribution in [0.1, 0.15) is 32.6 Å². The van der Waals surface area contributed by atoms with Crippen LogP contribution in [0.25, 0.3) is 0 Å². The lowest BCUT2D eigenvalue weighted by molar-refractivity contribution is 0.100. The van der Waals surface area contributed by atoms with E-state index in [2.05, 4.69) is 14.8 Å². The molecule has 0 aromatic carbocycles. The number of methoxy groups -OCH3 is 1. The molecular weight excluding hydrogens is 147 g/mol. The predicted molar refractivity (Wildman–Crippen MR) is 53.2 cm³/mol. The Bertz CT molecular complexity index is 183. The van der Waals surface area contributed by atoms with Crippen LogP contribution >= 0.6 is 0 Å². The average Bonchev–Trinajstić information content (AvgIpc) is 2.38. The number of fused-ring (bicyclic) bond motifs is 1. The van der Waals surface area contributed by atoms with Gasteiger partial charge in [-0.2, -0.15) is 0 Å². The van der Waals surface area contributed by atoms with Crippen LogP contribution in [-0.2, 0) is 4.74 Å². The maximum Gasteiger partial charge on any atom is 0.109 e. The first-order valence-corrected chi connectivity index (χ1v) is 5.17. The van der Waals surface area contributed by atoms with Crippen LogP contribution in [0.3, 0.4) is 0 Å². The van der Waals surface area contributed by atoms with Crippen LogP contribution in [0.2, 0.25) is 5.31 Å². The first-order valence-electron chi connectivity index (χ1n) is 5.17. The summed E-state index contributed by atoms with van der Waals surface area (Å²) in [6.45, 7) is 2.39. The van der Waals surface area contributed by atoms with Crippen molar-refractivity contribution >= 4 is 7.85 Å². The summed E-state index contributed by atoms with van der Waals surface area (Å²) in [6.07, 6.45) is 6.05. The first kappa shape index (κ1) is 8.62. The van der Waals surface area contributed by atoms with Crippen molar-refractivity contribution in [2.24, 2.45) is 11.8 Å². The lowest BCUT2D eigenvalue weighted by Gasteiger charge is -2.23. The molecule has 0 radical (unpaired) electrons. The molecule has 2 aliphatic rings. The zero-order chi connectivity index (χ0) is 8.77. The molecular formula is C10H19BO. The van der Waals surface area contributed by atoms with Gasteiger partial charge in [0.1, 0.15) is 7.85 Å². The van der Waals surface area contributed by atoms with Crippen LogP contribution in [-0.4, -0.2) is 21.1 Å². The van der Waals surface area contributed by atoms with Crippen LogP contribution < -0.4 is 0 Å². The smallest absolute Gasteiger partial charge is 0.109 e. The lowest BCUT2D eigenvalue weighted by Crippen LogP contribution is -2.12. The maximum atomic E-state index is 5.45. The van der Waals surface area contributed by atoms with Gasteiger partial charge in [0.05, 0.1) is 6.10 Å². The van der Waals surface area contributed by atoms with Gasteiger partial charge in [-0.1, -0.05) is 18.7 Å². The molecule has 1 nitrogen and oxygen atoms in total. The fraction of sp³-hybridized carbons (Fsp3) is 1.00. The molecule has 0 saturated heterocycles. The second-order valence-electron chi connectivity index (χ2n) is 5.19. The number of hydrogen-bond acceptors (Lipinski definition) is 1. The van der Waals surface area contributed by atoms with E-state index in [1.54, 1.807) is 0 Å². The van der Waals surface area contributed by atoms with Gasteiger partial charge in [0.15, 0.2) is 0 Å². The van der Waals surface area contributed by atoms with E-state index in [-0.39, 0.29) is 0 Å². The fourth-order valence-electron chi connectivity index (χ4n) is 3.55. The third-order valence-electron chi connectivity index (χ3n) is 4.06. The predicted octanol–water partition coefficient (Wildman–Crippen LogP) is 1.63. The molecule has 2 fully saturated rings. The van der Waals surface area contributed by atoms with Gasteiger partial charge < -0.3 is 4.74 Å². The summed E-state index contributed by atoms with van der Waals surface area (Å²) in [5, 5.41) is 0.625. The quantitative estimate of drug-likeness (QED) is 0.538. The van der Waals surface area contributed by atoms with E-state index in [1.807, 2.05) is 7.11 Å². The molecule has 0 amide bonds. The van der Waals surface area contributed by atoms with E-state index in [1.165, 1.54) is 25.7 Å². The Morgan fingerprint density at radius 3 is 2.67 bits per heavy atom. The van der Waals surface area contributed by atoms with Crippen molar-refractivity contribution in [2.75, 3.05) is 7.11 Å². The Morgan fingerprint density at radius 1 is 1.33 bits per heavy atom. The summed E-state index contributed by atoms with van der Waals surface area (Å²) >= 11 is 0. The Hall–Kier alpha value is 0.0249. The van der Waals surface area contributed by atoms with Crippen molar-refractivity contribution in [1.29, 1.82) is 0 Å². The molecule has 2 aliphatic carbocycles. The molecule has 0 N–H and O–H groups in total. The number of rotatable bonds is 1. The molecule has 68 valence electrons. The lowest BCUT2D eigenvalue weighted by atomic mass is 9.63. The van der Waals surface area contributed by atoms with Gasteiger partial charge >= 0.3 is 0 Å². The number of hydrogen-bond donors (Lipinski definition) is 0. The van der Waals surface area contributed by atoms with Gasteiger partial charge in [-0.05, 0) is 31.1 Å². The fourth-order valence-corrected chi connectivity index (χ4v) is 3.55. The zero-order valence-electron chi connectivity index (χ0n) is 8.47. The molecule has 0 bridgehead atoms. The second-order valence-corrected chi connectivity index (χ2v) is 5.19. The SMILES string of the molecule is B[C@]12CC(C)CC1CC(OC)C2. The highest BCUT2D eigenvalue weighted by Crippen LogP contribution is 2.59. The Kier molecular flexibility index (Phi) is 1.98. The van der Waals surface area contributed by atoms with Gasteiger partial charge in [0, 0.05) is 7.11 Å². The van der Waals surface area contributed by atoms with Crippen molar-refractivity contribution in [1.82, 2.24) is 0 Å². The van der Waals surface area contributed by atoms with Crippen molar-refractivity contribution in [3.63, 3.8) is 0 Å². The van der Waals surface area contributed by atoms with Crippen LogP contribution in [0.5, 0.6) is 0 Å². The Labute approximate surface area is 76.3 Å². The summed E-state index contributed by atoms with van der Waals surface area (Å²) in [5.74, 6) is 1.91. The minimum absolute atomic E-state index is 0.562. The highest BCUT2D eigenvalue weighted by Gasteiger charge is 2.48. The summed E-state index contributed by atoms with van der Waals surface area (Å²) < 4.78 is 5.45. The molecule has 0 aromatic heterocycles. The minimum Gasteiger partial charge on any atom is -0.381 e. The van der Waals surface area contributed by atoms with Crippen molar-refractivity contribution in [3.8, 4) is 0 Å². The highest BCUT2D eigenvalue weighted by molar-refractivity contribution is 6.16. The molecule has 0 heterocycles. The third-order valence-corrected chi connectivity index (χ3v) is 4.06. The Morgan fingerprint density at radius 2 is 2.08 bits per heavy atom. The highest BCUT2D eigenvalue weighted by atomic mass is 16.5. The van der Waals surface area contributed by atoms with E-state index >= 15 is 0 Å². The van der Waals surface area contributed by atoms with Gasteiger partial charge in [-0.25, -0.2) is 0 Å². The largest absolute Gasteiger partial charge is 0.381 e. The summed E-state index contributed by atoms with van der Waals surface area (Å²) in [5.41, 5.74) is 0. The van der Waals surface area contributed by atoms with Crippen molar-refractivity contribution < 1.29 is 4.74 Å². The number of ether oxygens (including phenoxy) is 1. The molecule has 4 atom stereocenters. The summed E-state index contributed by atoms with van der Waals surface area (Å²) in [6, 6.07) is 0. The van der Waals surface area contributed by atoms with Crippen LogP contribution in [0.15, 0.2) is 0 Å². The van der Waals surface area contributed by atoms with Crippen molar-refractivity contribution in [2.45, 2.75) is 44.0 Å². The van der Waals surface area contributed by atoms with Gasteiger partial charge in [-0.3, -0.25) is 0 Å². The van der Waals surface area contributed by atoms with Crippen molar-refractivity contribution in [3.05, 3.63) is 0 Å². The van der Waals surface area contributed by atoms with E-state index in [9.17, 15) is 0 Å². The average molecular weight is 166 g/mol. The molecule has 0 aromatic rings. The first-order chi connectivity index (χ1) is 5.64. The van der Waals surface area contributed by atoms with E-state index in [0.717, 1.165) is 11.8 Å².